The van der Waals surface area contributed by atoms with Gasteiger partial charge in [0.15, 0.2) is 0 Å². The predicted octanol–water partition coefficient (Wildman–Crippen LogP) is 6.07. The average molecular weight is 325 g/mol. The largest absolute Gasteiger partial charge is 0.399 e. The highest BCUT2D eigenvalue weighted by Gasteiger charge is 2.22. The van der Waals surface area contributed by atoms with Crippen molar-refractivity contribution in [1.82, 2.24) is 0 Å². The minimum atomic E-state index is -0.0694. The lowest BCUT2D eigenvalue weighted by Gasteiger charge is -2.28. The molecule has 0 bridgehead atoms. The molecule has 0 aromatic heterocycles. The van der Waals surface area contributed by atoms with E-state index in [0.717, 1.165) is 22.7 Å². The molecule has 3 rings (SSSR count). The third-order valence-corrected chi connectivity index (χ3v) is 5.47. The monoisotopic (exact) mass is 325 g/mol. The number of halogens is 1. The van der Waals surface area contributed by atoms with Gasteiger partial charge in [-0.1, -0.05) is 44.0 Å². The van der Waals surface area contributed by atoms with Gasteiger partial charge in [-0.3, -0.25) is 0 Å². The lowest BCUT2D eigenvalue weighted by molar-refractivity contribution is 0.308. The van der Waals surface area contributed by atoms with Crippen LogP contribution in [0.25, 0.3) is 0 Å². The minimum Gasteiger partial charge on any atom is -0.399 e. The fourth-order valence-electron chi connectivity index (χ4n) is 4.01. The molecule has 0 atom stereocenters. The summed E-state index contributed by atoms with van der Waals surface area (Å²) in [6.07, 6.45) is 8.27. The molecule has 24 heavy (non-hydrogen) atoms. The molecule has 1 fully saturated rings. The van der Waals surface area contributed by atoms with E-state index in [9.17, 15) is 4.39 Å². The zero-order valence-corrected chi connectivity index (χ0v) is 14.6. The van der Waals surface area contributed by atoms with Crippen LogP contribution in [-0.2, 0) is 6.42 Å². The van der Waals surface area contributed by atoms with Crippen LogP contribution in [0.15, 0.2) is 42.5 Å². The number of nitrogen functional groups attached to an aromatic ring is 1. The van der Waals surface area contributed by atoms with Gasteiger partial charge in [0.1, 0.15) is 5.82 Å². The Morgan fingerprint density at radius 3 is 2.33 bits per heavy atom. The van der Waals surface area contributed by atoms with Gasteiger partial charge >= 0.3 is 0 Å². The van der Waals surface area contributed by atoms with Crippen LogP contribution in [0.1, 0.15) is 68.1 Å². The maximum absolute atomic E-state index is 14.5. The highest BCUT2D eigenvalue weighted by molar-refractivity contribution is 5.41. The molecule has 0 heterocycles. The lowest BCUT2D eigenvalue weighted by Crippen LogP contribution is -2.13. The molecule has 128 valence electrons. The van der Waals surface area contributed by atoms with Crippen LogP contribution in [0.3, 0.4) is 0 Å². The maximum Gasteiger partial charge on any atom is 0.127 e. The van der Waals surface area contributed by atoms with Gasteiger partial charge in [-0.15, -0.1) is 0 Å². The first-order valence-corrected chi connectivity index (χ1v) is 9.28. The molecule has 1 saturated carbocycles. The van der Waals surface area contributed by atoms with Crippen molar-refractivity contribution >= 4 is 5.69 Å². The second kappa shape index (κ2) is 7.83. The van der Waals surface area contributed by atoms with E-state index in [1.807, 2.05) is 30.3 Å². The fraction of sp³-hybridized carbons (Fsp3) is 0.455. The van der Waals surface area contributed by atoms with Gasteiger partial charge < -0.3 is 5.73 Å². The van der Waals surface area contributed by atoms with Gasteiger partial charge in [-0.25, -0.2) is 4.39 Å². The Morgan fingerprint density at radius 1 is 1.00 bits per heavy atom. The summed E-state index contributed by atoms with van der Waals surface area (Å²) in [6.45, 7) is 2.27. The summed E-state index contributed by atoms with van der Waals surface area (Å²) in [5, 5.41) is 0. The summed E-state index contributed by atoms with van der Waals surface area (Å²) in [4.78, 5) is 0. The zero-order chi connectivity index (χ0) is 16.9. The molecule has 2 aromatic carbocycles. The van der Waals surface area contributed by atoms with Gasteiger partial charge in [0, 0.05) is 12.1 Å². The van der Waals surface area contributed by atoms with E-state index in [1.165, 1.54) is 44.1 Å². The van der Waals surface area contributed by atoms with Crippen LogP contribution in [0.2, 0.25) is 0 Å². The van der Waals surface area contributed by atoms with Crippen molar-refractivity contribution in [3.63, 3.8) is 0 Å². The van der Waals surface area contributed by atoms with Crippen molar-refractivity contribution in [3.8, 4) is 0 Å². The normalized spacial score (nSPS) is 20.9. The van der Waals surface area contributed by atoms with E-state index in [4.69, 9.17) is 5.73 Å². The van der Waals surface area contributed by atoms with Gasteiger partial charge in [-0.2, -0.15) is 0 Å². The molecule has 0 radical (unpaired) electrons. The summed E-state index contributed by atoms with van der Waals surface area (Å²) < 4.78 is 14.5. The molecule has 1 aliphatic rings. The number of benzene rings is 2. The standard InChI is InChI=1S/C22H28FN/c1-2-3-16-4-8-18(9-5-16)19-10-11-20(22(23)15-19)14-17-6-12-21(24)13-7-17/h6-7,10-13,15-16,18H,2-5,8-9,14,24H2,1H3. The summed E-state index contributed by atoms with van der Waals surface area (Å²) in [5.74, 6) is 1.36. The molecular formula is C22H28FN. The van der Waals surface area contributed by atoms with Crippen LogP contribution in [0, 0.1) is 11.7 Å². The van der Waals surface area contributed by atoms with Crippen molar-refractivity contribution in [2.45, 2.75) is 57.8 Å². The molecular weight excluding hydrogens is 297 g/mol. The Kier molecular flexibility index (Phi) is 5.55. The van der Waals surface area contributed by atoms with Gasteiger partial charge in [0.2, 0.25) is 0 Å². The lowest BCUT2D eigenvalue weighted by atomic mass is 9.77. The summed E-state index contributed by atoms with van der Waals surface area (Å²) in [5.41, 5.74) is 9.49. The smallest absolute Gasteiger partial charge is 0.127 e. The van der Waals surface area contributed by atoms with Gasteiger partial charge in [0.25, 0.3) is 0 Å². The van der Waals surface area contributed by atoms with E-state index in [1.54, 1.807) is 6.07 Å². The van der Waals surface area contributed by atoms with Crippen molar-refractivity contribution in [2.24, 2.45) is 5.92 Å². The molecule has 1 aliphatic carbocycles. The zero-order valence-electron chi connectivity index (χ0n) is 14.6. The third-order valence-electron chi connectivity index (χ3n) is 5.47. The van der Waals surface area contributed by atoms with E-state index in [2.05, 4.69) is 13.0 Å². The van der Waals surface area contributed by atoms with Crippen LogP contribution in [-0.4, -0.2) is 0 Å². The molecule has 2 heteroatoms. The maximum atomic E-state index is 14.5. The Hall–Kier alpha value is -1.83. The van der Waals surface area contributed by atoms with E-state index >= 15 is 0 Å². The summed E-state index contributed by atoms with van der Waals surface area (Å²) in [6, 6.07) is 13.6. The van der Waals surface area contributed by atoms with Gasteiger partial charge in [-0.05, 0) is 72.4 Å². The minimum absolute atomic E-state index is 0.0694. The van der Waals surface area contributed by atoms with Crippen LogP contribution in [0.5, 0.6) is 0 Å². The van der Waals surface area contributed by atoms with Crippen molar-refractivity contribution < 1.29 is 4.39 Å². The van der Waals surface area contributed by atoms with Crippen molar-refractivity contribution in [3.05, 3.63) is 65.0 Å². The second-order valence-electron chi connectivity index (χ2n) is 7.28. The summed E-state index contributed by atoms with van der Waals surface area (Å²) >= 11 is 0. The number of rotatable bonds is 5. The fourth-order valence-corrected chi connectivity index (χ4v) is 4.01. The van der Waals surface area contributed by atoms with Gasteiger partial charge in [0.05, 0.1) is 0 Å². The molecule has 0 spiro atoms. The Morgan fingerprint density at radius 2 is 1.71 bits per heavy atom. The number of hydrogen-bond donors (Lipinski definition) is 1. The van der Waals surface area contributed by atoms with Crippen LogP contribution in [0.4, 0.5) is 10.1 Å². The molecule has 0 amide bonds. The Bertz CT molecular complexity index is 654. The second-order valence-corrected chi connectivity index (χ2v) is 7.28. The first-order valence-electron chi connectivity index (χ1n) is 9.28. The highest BCUT2D eigenvalue weighted by Crippen LogP contribution is 2.37. The first-order chi connectivity index (χ1) is 11.7. The SMILES string of the molecule is CCCC1CCC(c2ccc(Cc3ccc(N)cc3)c(F)c2)CC1. The third kappa shape index (κ3) is 4.17. The van der Waals surface area contributed by atoms with Crippen LogP contribution >= 0.6 is 0 Å². The first kappa shape index (κ1) is 17.0. The molecule has 2 aromatic rings. The predicted molar refractivity (Wildman–Crippen MR) is 99.7 cm³/mol. The van der Waals surface area contributed by atoms with Crippen LogP contribution < -0.4 is 5.73 Å². The molecule has 1 nitrogen and oxygen atoms in total. The molecule has 0 saturated heterocycles. The van der Waals surface area contributed by atoms with Crippen molar-refractivity contribution in [2.75, 3.05) is 5.73 Å². The number of hydrogen-bond acceptors (Lipinski definition) is 1. The van der Waals surface area contributed by atoms with E-state index < -0.39 is 0 Å². The summed E-state index contributed by atoms with van der Waals surface area (Å²) in [7, 11) is 0. The molecule has 2 N–H and O–H groups in total. The average Bonchev–Trinajstić information content (AvgIpc) is 2.60. The Labute approximate surface area is 145 Å². The number of nitrogens with two attached hydrogens (primary N) is 1. The quantitative estimate of drug-likeness (QED) is 0.663. The van der Waals surface area contributed by atoms with E-state index in [0.29, 0.717) is 12.3 Å². The van der Waals surface area contributed by atoms with Crippen molar-refractivity contribution in [1.29, 1.82) is 0 Å². The topological polar surface area (TPSA) is 26.0 Å². The molecule has 0 unspecified atom stereocenters. The highest BCUT2D eigenvalue weighted by atomic mass is 19.1. The van der Waals surface area contributed by atoms with E-state index in [-0.39, 0.29) is 5.82 Å². The number of anilines is 1. The Balaban J connectivity index is 1.65. The molecule has 0 aliphatic heterocycles.